The summed E-state index contributed by atoms with van der Waals surface area (Å²) in [6.45, 7) is 0.351. The summed E-state index contributed by atoms with van der Waals surface area (Å²) in [5, 5.41) is 0. The van der Waals surface area contributed by atoms with Gasteiger partial charge in [0, 0.05) is 19.3 Å². The Kier molecular flexibility index (Phi) is 4.23. The quantitative estimate of drug-likeness (QED) is 0.843. The zero-order valence-corrected chi connectivity index (χ0v) is 13.2. The van der Waals surface area contributed by atoms with E-state index in [1.54, 1.807) is 19.3 Å². The number of carbonyl (C=O) groups excluding carboxylic acids is 1. The van der Waals surface area contributed by atoms with Crippen molar-refractivity contribution in [1.82, 2.24) is 14.5 Å². The van der Waals surface area contributed by atoms with Gasteiger partial charge in [-0.1, -0.05) is 6.07 Å². The number of pyridine rings is 2. The highest BCUT2D eigenvalue weighted by Crippen LogP contribution is 2.29. The molecule has 132 valence electrons. The van der Waals surface area contributed by atoms with Gasteiger partial charge in [-0.15, -0.1) is 0 Å². The third kappa shape index (κ3) is 3.49. The first-order valence-corrected chi connectivity index (χ1v) is 7.41. The maximum Gasteiger partial charge on any atom is 0.433 e. The first-order valence-electron chi connectivity index (χ1n) is 7.41. The van der Waals surface area contributed by atoms with E-state index in [1.807, 2.05) is 0 Å². The predicted molar refractivity (Wildman–Crippen MR) is 81.2 cm³/mol. The van der Waals surface area contributed by atoms with E-state index in [-0.39, 0.29) is 24.5 Å². The molecule has 1 amide bonds. The van der Waals surface area contributed by atoms with Gasteiger partial charge in [-0.3, -0.25) is 9.59 Å². The fourth-order valence-electron chi connectivity index (χ4n) is 2.42. The molecule has 0 N–H and O–H groups in total. The van der Waals surface area contributed by atoms with Gasteiger partial charge in [0.15, 0.2) is 0 Å². The van der Waals surface area contributed by atoms with Crippen molar-refractivity contribution < 1.29 is 22.7 Å². The van der Waals surface area contributed by atoms with Crippen LogP contribution in [-0.4, -0.2) is 39.6 Å². The smallest absolute Gasteiger partial charge is 0.433 e. The maximum absolute atomic E-state index is 12.6. The molecule has 0 aliphatic carbocycles. The molecule has 2 aromatic rings. The Bertz CT molecular complexity index is 857. The third-order valence-electron chi connectivity index (χ3n) is 3.79. The van der Waals surface area contributed by atoms with Crippen molar-refractivity contribution in [2.24, 2.45) is 7.05 Å². The average molecular weight is 353 g/mol. The standard InChI is InChI=1S/C16H14F3N3O3/c1-21-7-3-4-11(14(21)23)15(24)22-8-10(9-22)25-13-6-2-5-12(20-13)16(17,18)19/h2-7,10H,8-9H2,1H3. The van der Waals surface area contributed by atoms with E-state index < -0.39 is 29.4 Å². The van der Waals surface area contributed by atoms with Gasteiger partial charge in [0.05, 0.1) is 13.1 Å². The second-order valence-electron chi connectivity index (χ2n) is 5.65. The molecule has 3 heterocycles. The Hall–Kier alpha value is -2.84. The number of aryl methyl sites for hydroxylation is 1. The summed E-state index contributed by atoms with van der Waals surface area (Å²) in [5.74, 6) is -0.583. The van der Waals surface area contributed by atoms with Gasteiger partial charge in [0.1, 0.15) is 17.4 Å². The summed E-state index contributed by atoms with van der Waals surface area (Å²) < 4.78 is 44.5. The van der Waals surface area contributed by atoms with Gasteiger partial charge in [-0.05, 0) is 18.2 Å². The fourth-order valence-corrected chi connectivity index (χ4v) is 2.42. The first kappa shape index (κ1) is 17.0. The van der Waals surface area contributed by atoms with Gasteiger partial charge >= 0.3 is 6.18 Å². The predicted octanol–water partition coefficient (Wildman–Crippen LogP) is 1.70. The number of amides is 1. The molecule has 6 nitrogen and oxygen atoms in total. The van der Waals surface area contributed by atoms with Crippen LogP contribution < -0.4 is 10.3 Å². The normalized spacial score (nSPS) is 15.0. The molecule has 0 atom stereocenters. The Morgan fingerprint density at radius 2 is 1.96 bits per heavy atom. The zero-order chi connectivity index (χ0) is 18.2. The number of nitrogens with zero attached hydrogens (tertiary/aromatic N) is 3. The lowest BCUT2D eigenvalue weighted by molar-refractivity contribution is -0.141. The highest BCUT2D eigenvalue weighted by atomic mass is 19.4. The summed E-state index contributed by atoms with van der Waals surface area (Å²) in [6.07, 6.45) is -3.47. The van der Waals surface area contributed by atoms with Crippen LogP contribution in [0.4, 0.5) is 13.2 Å². The van der Waals surface area contributed by atoms with Crippen molar-refractivity contribution in [2.45, 2.75) is 12.3 Å². The van der Waals surface area contributed by atoms with Crippen LogP contribution in [0.1, 0.15) is 16.1 Å². The molecule has 1 aliphatic rings. The molecule has 0 bridgehead atoms. The number of ether oxygens (including phenoxy) is 1. The fraction of sp³-hybridized carbons (Fsp3) is 0.312. The molecule has 2 aromatic heterocycles. The lowest BCUT2D eigenvalue weighted by atomic mass is 10.1. The van der Waals surface area contributed by atoms with Crippen LogP contribution in [-0.2, 0) is 13.2 Å². The molecule has 1 saturated heterocycles. The monoisotopic (exact) mass is 353 g/mol. The number of rotatable bonds is 3. The molecule has 9 heteroatoms. The third-order valence-corrected chi connectivity index (χ3v) is 3.79. The topological polar surface area (TPSA) is 64.4 Å². The minimum absolute atomic E-state index is 0.0423. The SMILES string of the molecule is Cn1cccc(C(=O)N2CC(Oc3cccc(C(F)(F)F)n3)C2)c1=O. The van der Waals surface area contributed by atoms with Crippen LogP contribution in [0.15, 0.2) is 41.3 Å². The van der Waals surface area contributed by atoms with Crippen LogP contribution >= 0.6 is 0 Å². The van der Waals surface area contributed by atoms with E-state index in [4.69, 9.17) is 4.74 Å². The largest absolute Gasteiger partial charge is 0.471 e. The van der Waals surface area contributed by atoms with E-state index in [0.717, 1.165) is 6.07 Å². The average Bonchev–Trinajstić information content (AvgIpc) is 2.52. The molecule has 0 radical (unpaired) electrons. The minimum atomic E-state index is -4.55. The zero-order valence-electron chi connectivity index (χ0n) is 13.2. The highest BCUT2D eigenvalue weighted by Gasteiger charge is 2.36. The first-order chi connectivity index (χ1) is 11.8. The van der Waals surface area contributed by atoms with E-state index in [0.29, 0.717) is 0 Å². The highest BCUT2D eigenvalue weighted by molar-refractivity contribution is 5.94. The molecule has 0 saturated carbocycles. The van der Waals surface area contributed by atoms with E-state index in [2.05, 4.69) is 4.98 Å². The summed E-state index contributed by atoms with van der Waals surface area (Å²) in [5.41, 5.74) is -1.40. The van der Waals surface area contributed by atoms with Gasteiger partial charge < -0.3 is 14.2 Å². The number of halogens is 3. The Balaban J connectivity index is 1.63. The van der Waals surface area contributed by atoms with Crippen molar-refractivity contribution in [2.75, 3.05) is 13.1 Å². The number of carbonyl (C=O) groups is 1. The van der Waals surface area contributed by atoms with Crippen LogP contribution in [0.5, 0.6) is 5.88 Å². The Labute approximate surface area is 140 Å². The molecular weight excluding hydrogens is 339 g/mol. The van der Waals surface area contributed by atoms with Crippen LogP contribution in [0.3, 0.4) is 0 Å². The van der Waals surface area contributed by atoms with Crippen molar-refractivity contribution in [3.05, 3.63) is 58.1 Å². The summed E-state index contributed by atoms with van der Waals surface area (Å²) in [6, 6.07) is 6.42. The Morgan fingerprint density at radius 1 is 1.24 bits per heavy atom. The second-order valence-corrected chi connectivity index (χ2v) is 5.65. The van der Waals surface area contributed by atoms with Gasteiger partial charge in [-0.2, -0.15) is 13.2 Å². The Morgan fingerprint density at radius 3 is 2.64 bits per heavy atom. The molecule has 25 heavy (non-hydrogen) atoms. The molecule has 0 spiro atoms. The number of hydrogen-bond acceptors (Lipinski definition) is 4. The molecule has 0 aromatic carbocycles. The molecule has 1 fully saturated rings. The van der Waals surface area contributed by atoms with Crippen molar-refractivity contribution in [3.8, 4) is 5.88 Å². The second kappa shape index (κ2) is 6.23. The molecular formula is C16H14F3N3O3. The lowest BCUT2D eigenvalue weighted by Crippen LogP contribution is -2.57. The number of alkyl halides is 3. The van der Waals surface area contributed by atoms with E-state index in [1.165, 1.54) is 27.7 Å². The van der Waals surface area contributed by atoms with E-state index >= 15 is 0 Å². The summed E-state index contributed by atoms with van der Waals surface area (Å²) in [4.78, 5) is 29.0. The maximum atomic E-state index is 12.6. The summed E-state index contributed by atoms with van der Waals surface area (Å²) in [7, 11) is 1.54. The van der Waals surface area contributed by atoms with Gasteiger partial charge in [0.2, 0.25) is 5.88 Å². The number of likely N-dealkylation sites (tertiary alicyclic amines) is 1. The van der Waals surface area contributed by atoms with Crippen LogP contribution in [0.25, 0.3) is 0 Å². The lowest BCUT2D eigenvalue weighted by Gasteiger charge is -2.38. The number of hydrogen-bond donors (Lipinski definition) is 0. The van der Waals surface area contributed by atoms with Crippen LogP contribution in [0, 0.1) is 0 Å². The van der Waals surface area contributed by atoms with E-state index in [9.17, 15) is 22.8 Å². The van der Waals surface area contributed by atoms with Gasteiger partial charge in [-0.25, -0.2) is 4.98 Å². The van der Waals surface area contributed by atoms with Crippen molar-refractivity contribution in [3.63, 3.8) is 0 Å². The minimum Gasteiger partial charge on any atom is -0.471 e. The van der Waals surface area contributed by atoms with Crippen LogP contribution in [0.2, 0.25) is 0 Å². The summed E-state index contributed by atoms with van der Waals surface area (Å²) >= 11 is 0. The molecule has 0 unspecified atom stereocenters. The number of aromatic nitrogens is 2. The molecule has 3 rings (SSSR count). The van der Waals surface area contributed by atoms with Gasteiger partial charge in [0.25, 0.3) is 11.5 Å². The van der Waals surface area contributed by atoms with Crippen molar-refractivity contribution >= 4 is 5.91 Å². The van der Waals surface area contributed by atoms with Crippen molar-refractivity contribution in [1.29, 1.82) is 0 Å². The molecule has 1 aliphatic heterocycles.